The average Bonchev–Trinajstić information content (AvgIpc) is 3.66. The molecule has 6 rings (SSSR count). The lowest BCUT2D eigenvalue weighted by Crippen LogP contribution is -2.33. The molecule has 2 aliphatic rings. The van der Waals surface area contributed by atoms with Crippen molar-refractivity contribution >= 4 is 27.7 Å². The van der Waals surface area contributed by atoms with Crippen LogP contribution in [0.25, 0.3) is 21.8 Å². The number of nitrogens with zero attached hydrogens (tertiary/aromatic N) is 7. The van der Waals surface area contributed by atoms with E-state index in [0.717, 1.165) is 122 Å². The van der Waals surface area contributed by atoms with E-state index in [4.69, 9.17) is 20.0 Å². The summed E-state index contributed by atoms with van der Waals surface area (Å²) in [7, 11) is 0. The summed E-state index contributed by atoms with van der Waals surface area (Å²) >= 11 is 0. The number of unbranched alkanes of at least 4 members (excludes halogenated alkanes) is 1. The van der Waals surface area contributed by atoms with E-state index in [2.05, 4.69) is 45.5 Å². The van der Waals surface area contributed by atoms with Crippen LogP contribution in [-0.2, 0) is 30.7 Å². The number of carbonyl (C=O) groups is 1. The monoisotopic (exact) mass is 537 g/mol. The molecule has 0 atom stereocenters. The van der Waals surface area contributed by atoms with Crippen molar-refractivity contribution in [2.75, 3.05) is 26.2 Å². The summed E-state index contributed by atoms with van der Waals surface area (Å²) in [5.41, 5.74) is 4.16. The predicted molar refractivity (Wildman–Crippen MR) is 158 cm³/mol. The van der Waals surface area contributed by atoms with Crippen molar-refractivity contribution in [1.82, 2.24) is 24.0 Å². The number of hydrogen-bond donors (Lipinski definition) is 0. The van der Waals surface area contributed by atoms with E-state index in [0.29, 0.717) is 13.0 Å². The third-order valence-corrected chi connectivity index (χ3v) is 8.09. The molecule has 0 radical (unpaired) electrons. The Morgan fingerprint density at radius 3 is 1.88 bits per heavy atom. The molecule has 0 aliphatic carbocycles. The van der Waals surface area contributed by atoms with Crippen LogP contribution in [-0.4, -0.2) is 56.1 Å². The number of fused-ring (bicyclic) bond motifs is 4. The minimum atomic E-state index is 0.218. The Hall–Kier alpha value is -3.81. The topological polar surface area (TPSA) is 80.7 Å². The fourth-order valence-electron chi connectivity index (χ4n) is 6.07. The van der Waals surface area contributed by atoms with Crippen molar-refractivity contribution < 1.29 is 4.79 Å². The molecule has 2 aromatic carbocycles. The highest BCUT2D eigenvalue weighted by Gasteiger charge is 2.16. The minimum Gasteiger partial charge on any atom is -0.343 e. The van der Waals surface area contributed by atoms with Gasteiger partial charge in [-0.15, -0.1) is 0 Å². The molecular weight excluding hydrogens is 498 g/mol. The van der Waals surface area contributed by atoms with E-state index < -0.39 is 0 Å². The molecular formula is C32H39N7O. The lowest BCUT2D eigenvalue weighted by atomic mass is 10.2. The standard InChI is InChI=1S/C32H39N7O/c1-2-30(40)37(21-11-19-34-32-25-13-4-6-15-27(25)36-29-17-10-23-39(29)32)20-8-7-18-33-31-24-12-3-5-14-26(24)35-28-16-9-22-38(28)31/h3-6,12-15H,2,7-11,16-23H2,1H3. The Morgan fingerprint density at radius 1 is 0.775 bits per heavy atom. The van der Waals surface area contributed by atoms with Gasteiger partial charge in [0.1, 0.15) is 22.6 Å². The highest BCUT2D eigenvalue weighted by atomic mass is 16.2. The summed E-state index contributed by atoms with van der Waals surface area (Å²) in [6.07, 6.45) is 7.57. The third kappa shape index (κ3) is 5.44. The number of hydrogen-bond acceptors (Lipinski definition) is 5. The fraction of sp³-hybridized carbons (Fsp3) is 0.469. The Balaban J connectivity index is 1.08. The van der Waals surface area contributed by atoms with E-state index >= 15 is 0 Å². The summed E-state index contributed by atoms with van der Waals surface area (Å²) in [6, 6.07) is 16.6. The van der Waals surface area contributed by atoms with E-state index in [1.54, 1.807) is 0 Å². The molecule has 0 saturated carbocycles. The van der Waals surface area contributed by atoms with Gasteiger partial charge < -0.3 is 14.0 Å². The second kappa shape index (κ2) is 12.1. The second-order valence-corrected chi connectivity index (χ2v) is 10.8. The smallest absolute Gasteiger partial charge is 0.222 e. The molecule has 0 spiro atoms. The van der Waals surface area contributed by atoms with Crippen LogP contribution in [0.5, 0.6) is 0 Å². The number of benzene rings is 2. The number of aromatic nitrogens is 4. The molecule has 0 unspecified atom stereocenters. The van der Waals surface area contributed by atoms with Crippen molar-refractivity contribution in [2.45, 2.75) is 71.4 Å². The van der Waals surface area contributed by atoms with Crippen LogP contribution in [0.15, 0.2) is 58.5 Å². The fourth-order valence-corrected chi connectivity index (χ4v) is 6.07. The largest absolute Gasteiger partial charge is 0.343 e. The molecule has 0 N–H and O–H groups in total. The molecule has 4 aromatic rings. The number of aryl methyl sites for hydroxylation is 2. The first-order valence-corrected chi connectivity index (χ1v) is 15.0. The summed E-state index contributed by atoms with van der Waals surface area (Å²) in [4.78, 5) is 34.5. The van der Waals surface area contributed by atoms with Gasteiger partial charge in [0.15, 0.2) is 0 Å². The van der Waals surface area contributed by atoms with Gasteiger partial charge >= 0.3 is 0 Å². The van der Waals surface area contributed by atoms with Gasteiger partial charge in [-0.3, -0.25) is 14.8 Å². The Kier molecular flexibility index (Phi) is 8.02. The van der Waals surface area contributed by atoms with Gasteiger partial charge in [0.25, 0.3) is 0 Å². The second-order valence-electron chi connectivity index (χ2n) is 10.8. The minimum absolute atomic E-state index is 0.218. The van der Waals surface area contributed by atoms with Gasteiger partial charge in [-0.2, -0.15) is 0 Å². The van der Waals surface area contributed by atoms with E-state index in [-0.39, 0.29) is 5.91 Å². The first-order valence-electron chi connectivity index (χ1n) is 15.0. The molecule has 0 saturated heterocycles. The molecule has 8 heteroatoms. The number of carbonyl (C=O) groups excluding carboxylic acids is 1. The van der Waals surface area contributed by atoms with Crippen molar-refractivity contribution in [3.8, 4) is 0 Å². The van der Waals surface area contributed by atoms with Crippen LogP contribution >= 0.6 is 0 Å². The molecule has 1 amide bonds. The summed E-state index contributed by atoms with van der Waals surface area (Å²) in [5, 5.41) is 2.25. The van der Waals surface area contributed by atoms with Crippen LogP contribution in [0.4, 0.5) is 0 Å². The summed E-state index contributed by atoms with van der Waals surface area (Å²) in [6.45, 7) is 6.89. The molecule has 8 nitrogen and oxygen atoms in total. The predicted octanol–water partition coefficient (Wildman–Crippen LogP) is 4.19. The third-order valence-electron chi connectivity index (χ3n) is 8.09. The summed E-state index contributed by atoms with van der Waals surface area (Å²) in [5.74, 6) is 2.49. The molecule has 2 aliphatic heterocycles. The van der Waals surface area contributed by atoms with Crippen molar-refractivity contribution in [3.63, 3.8) is 0 Å². The normalized spacial score (nSPS) is 15.2. The van der Waals surface area contributed by atoms with Crippen LogP contribution < -0.4 is 11.0 Å². The van der Waals surface area contributed by atoms with Crippen LogP contribution in [0.2, 0.25) is 0 Å². The highest BCUT2D eigenvalue weighted by Crippen LogP contribution is 2.16. The number of amides is 1. The Morgan fingerprint density at radius 2 is 1.30 bits per heavy atom. The number of para-hydroxylation sites is 2. The van der Waals surface area contributed by atoms with E-state index in [1.807, 2.05) is 24.0 Å². The van der Waals surface area contributed by atoms with Crippen molar-refractivity contribution in [1.29, 1.82) is 0 Å². The highest BCUT2D eigenvalue weighted by molar-refractivity contribution is 5.78. The SMILES string of the molecule is CCC(=O)N(CCCCN=c1c2ccccc2nc2n1CCC2)CCCN=c1c2ccccc2nc2n1CCC2. The van der Waals surface area contributed by atoms with E-state index in [9.17, 15) is 4.79 Å². The first kappa shape index (κ1) is 26.4. The number of rotatable bonds is 10. The Bertz CT molecular complexity index is 1670. The van der Waals surface area contributed by atoms with Gasteiger partial charge in [-0.05, 0) is 56.4 Å². The zero-order valence-electron chi connectivity index (χ0n) is 23.6. The van der Waals surface area contributed by atoms with Crippen molar-refractivity contribution in [2.24, 2.45) is 9.98 Å². The van der Waals surface area contributed by atoms with Gasteiger partial charge in [0.2, 0.25) is 5.91 Å². The summed E-state index contributed by atoms with van der Waals surface area (Å²) < 4.78 is 4.57. The van der Waals surface area contributed by atoms with Crippen LogP contribution in [0.3, 0.4) is 0 Å². The van der Waals surface area contributed by atoms with Gasteiger partial charge in [-0.25, -0.2) is 9.97 Å². The maximum Gasteiger partial charge on any atom is 0.222 e. The Labute approximate surface area is 235 Å². The maximum atomic E-state index is 12.7. The zero-order chi connectivity index (χ0) is 27.3. The van der Waals surface area contributed by atoms with E-state index in [1.165, 1.54) is 0 Å². The molecule has 4 heterocycles. The van der Waals surface area contributed by atoms with Gasteiger partial charge in [0.05, 0.1) is 11.0 Å². The lowest BCUT2D eigenvalue weighted by molar-refractivity contribution is -0.131. The lowest BCUT2D eigenvalue weighted by Gasteiger charge is -2.21. The maximum absolute atomic E-state index is 12.7. The zero-order valence-corrected chi connectivity index (χ0v) is 23.6. The molecule has 40 heavy (non-hydrogen) atoms. The molecule has 0 fully saturated rings. The molecule has 0 bridgehead atoms. The molecule has 2 aromatic heterocycles. The van der Waals surface area contributed by atoms with Crippen LogP contribution in [0.1, 0.15) is 57.1 Å². The first-order chi connectivity index (χ1) is 19.7. The van der Waals surface area contributed by atoms with Crippen LogP contribution in [0, 0.1) is 0 Å². The van der Waals surface area contributed by atoms with Crippen molar-refractivity contribution in [3.05, 3.63) is 71.2 Å². The van der Waals surface area contributed by atoms with Gasteiger partial charge in [-0.1, -0.05) is 31.2 Å². The van der Waals surface area contributed by atoms with Gasteiger partial charge in [0, 0.05) is 69.3 Å². The quantitative estimate of drug-likeness (QED) is 0.285. The molecule has 208 valence electrons. The average molecular weight is 538 g/mol.